The Bertz CT molecular complexity index is 1210. The molecule has 34 heavy (non-hydrogen) atoms. The van der Waals surface area contributed by atoms with Gasteiger partial charge in [0.05, 0.1) is 24.7 Å². The summed E-state index contributed by atoms with van der Waals surface area (Å²) in [5.74, 6) is -0.378. The average molecular weight is 479 g/mol. The van der Waals surface area contributed by atoms with Crippen LogP contribution in [-0.4, -0.2) is 39.9 Å². The second-order valence-corrected chi connectivity index (χ2v) is 9.67. The first-order valence-electron chi connectivity index (χ1n) is 11.1. The Hall–Kier alpha value is -3.65. The summed E-state index contributed by atoms with van der Waals surface area (Å²) >= 11 is 0. The molecule has 0 aromatic heterocycles. The lowest BCUT2D eigenvalue weighted by atomic mass is 10.2. The highest BCUT2D eigenvalue weighted by atomic mass is 32.2. The van der Waals surface area contributed by atoms with Crippen molar-refractivity contribution in [2.75, 3.05) is 28.6 Å². The van der Waals surface area contributed by atoms with Gasteiger partial charge >= 0.3 is 0 Å². The molecule has 0 spiro atoms. The Balaban J connectivity index is 1.65. The van der Waals surface area contributed by atoms with Crippen molar-refractivity contribution in [2.45, 2.75) is 20.4 Å². The molecule has 0 aliphatic heterocycles. The standard InChI is InChI=1S/C26H30N4O3S/c1-4-29(5-2)24-15-11-21(12-16-24)19-27-28-26(31)23-13-17-25(18-14-23)30(34(3,32)33)20-22-9-7-6-8-10-22/h6-19H,4-5,20H2,1-3H3,(H,28,31)/b27-19+. The van der Waals surface area contributed by atoms with Crippen LogP contribution in [-0.2, 0) is 16.6 Å². The van der Waals surface area contributed by atoms with Gasteiger partial charge in [-0.25, -0.2) is 13.8 Å². The normalized spacial score (nSPS) is 11.4. The van der Waals surface area contributed by atoms with Crippen molar-refractivity contribution in [3.8, 4) is 0 Å². The molecule has 0 heterocycles. The molecule has 0 atom stereocenters. The molecule has 178 valence electrons. The summed E-state index contributed by atoms with van der Waals surface area (Å²) in [6, 6.07) is 23.7. The van der Waals surface area contributed by atoms with Crippen molar-refractivity contribution >= 4 is 33.5 Å². The van der Waals surface area contributed by atoms with Crippen molar-refractivity contribution in [1.29, 1.82) is 0 Å². The van der Waals surface area contributed by atoms with Gasteiger partial charge in [0.1, 0.15) is 0 Å². The summed E-state index contributed by atoms with van der Waals surface area (Å²) < 4.78 is 26.0. The van der Waals surface area contributed by atoms with E-state index in [1.807, 2.05) is 54.6 Å². The fourth-order valence-corrected chi connectivity index (χ4v) is 4.41. The summed E-state index contributed by atoms with van der Waals surface area (Å²) in [7, 11) is -3.50. The lowest BCUT2D eigenvalue weighted by Crippen LogP contribution is -2.29. The largest absolute Gasteiger partial charge is 0.372 e. The number of amides is 1. The molecule has 7 nitrogen and oxygen atoms in total. The minimum absolute atomic E-state index is 0.211. The zero-order valence-electron chi connectivity index (χ0n) is 19.7. The summed E-state index contributed by atoms with van der Waals surface area (Å²) in [6.07, 6.45) is 2.75. The van der Waals surface area contributed by atoms with Crippen LogP contribution in [0.25, 0.3) is 0 Å². The number of nitrogens with zero attached hydrogens (tertiary/aromatic N) is 3. The van der Waals surface area contributed by atoms with Gasteiger partial charge in [0.15, 0.2) is 0 Å². The molecule has 0 bridgehead atoms. The number of hydrazone groups is 1. The van der Waals surface area contributed by atoms with Crippen LogP contribution >= 0.6 is 0 Å². The van der Waals surface area contributed by atoms with Crippen molar-refractivity contribution in [3.63, 3.8) is 0 Å². The quantitative estimate of drug-likeness (QED) is 0.349. The maximum absolute atomic E-state index is 12.5. The van der Waals surface area contributed by atoms with Gasteiger partial charge in [-0.3, -0.25) is 9.10 Å². The fourth-order valence-electron chi connectivity index (χ4n) is 3.52. The third-order valence-electron chi connectivity index (χ3n) is 5.39. The van der Waals surface area contributed by atoms with Crippen molar-refractivity contribution in [2.24, 2.45) is 5.10 Å². The summed E-state index contributed by atoms with van der Waals surface area (Å²) in [4.78, 5) is 14.7. The molecule has 0 unspecified atom stereocenters. The molecular weight excluding hydrogens is 448 g/mol. The number of anilines is 2. The minimum atomic E-state index is -3.50. The van der Waals surface area contributed by atoms with Gasteiger partial charge in [-0.2, -0.15) is 5.10 Å². The SMILES string of the molecule is CCN(CC)c1ccc(/C=N/NC(=O)c2ccc(N(Cc3ccccc3)S(C)(=O)=O)cc2)cc1. The predicted molar refractivity (Wildman–Crippen MR) is 139 cm³/mol. The second kappa shape index (κ2) is 11.5. The van der Waals surface area contributed by atoms with Crippen LogP contribution in [0.2, 0.25) is 0 Å². The molecule has 1 N–H and O–H groups in total. The van der Waals surface area contributed by atoms with Gasteiger partial charge in [0.2, 0.25) is 10.0 Å². The van der Waals surface area contributed by atoms with E-state index in [1.165, 1.54) is 10.6 Å². The molecular formula is C26H30N4O3S. The summed E-state index contributed by atoms with van der Waals surface area (Å²) in [5.41, 5.74) is 6.26. The number of hydrogen-bond donors (Lipinski definition) is 1. The number of carbonyl (C=O) groups is 1. The number of rotatable bonds is 10. The van der Waals surface area contributed by atoms with E-state index in [0.717, 1.165) is 29.9 Å². The monoisotopic (exact) mass is 478 g/mol. The molecule has 3 rings (SSSR count). The number of benzene rings is 3. The molecule has 8 heteroatoms. The van der Waals surface area contributed by atoms with E-state index >= 15 is 0 Å². The number of hydrogen-bond acceptors (Lipinski definition) is 5. The van der Waals surface area contributed by atoms with Crippen LogP contribution in [0, 0.1) is 0 Å². The highest BCUT2D eigenvalue weighted by Gasteiger charge is 2.18. The Kier molecular flexibility index (Phi) is 8.43. The van der Waals surface area contributed by atoms with Crippen molar-refractivity contribution < 1.29 is 13.2 Å². The first kappa shape index (κ1) is 25.0. The van der Waals surface area contributed by atoms with Gasteiger partial charge in [-0.15, -0.1) is 0 Å². The lowest BCUT2D eigenvalue weighted by Gasteiger charge is -2.22. The van der Waals surface area contributed by atoms with Crippen LogP contribution in [0.1, 0.15) is 35.3 Å². The Morgan fingerprint density at radius 1 is 0.882 bits per heavy atom. The number of nitrogens with one attached hydrogen (secondary N) is 1. The molecule has 0 fully saturated rings. The van der Waals surface area contributed by atoms with Gasteiger partial charge in [0.25, 0.3) is 5.91 Å². The molecule has 0 aliphatic rings. The molecule has 0 saturated heterocycles. The minimum Gasteiger partial charge on any atom is -0.372 e. The van der Waals surface area contributed by atoms with Gasteiger partial charge in [0, 0.05) is 24.3 Å². The van der Waals surface area contributed by atoms with Crippen LogP contribution < -0.4 is 14.6 Å². The molecule has 0 saturated carbocycles. The van der Waals surface area contributed by atoms with E-state index in [-0.39, 0.29) is 12.5 Å². The van der Waals surface area contributed by atoms with Gasteiger partial charge in [-0.1, -0.05) is 42.5 Å². The predicted octanol–water partition coefficient (Wildman–Crippen LogP) is 4.26. The van der Waals surface area contributed by atoms with E-state index in [4.69, 9.17) is 0 Å². The van der Waals surface area contributed by atoms with Gasteiger partial charge in [-0.05, 0) is 61.4 Å². The van der Waals surface area contributed by atoms with Crippen LogP contribution in [0.4, 0.5) is 11.4 Å². The van der Waals surface area contributed by atoms with Crippen molar-refractivity contribution in [3.05, 3.63) is 95.6 Å². The van der Waals surface area contributed by atoms with E-state index in [0.29, 0.717) is 11.3 Å². The Morgan fingerprint density at radius 2 is 1.47 bits per heavy atom. The average Bonchev–Trinajstić information content (AvgIpc) is 2.84. The highest BCUT2D eigenvalue weighted by molar-refractivity contribution is 7.92. The van der Waals surface area contributed by atoms with E-state index in [1.54, 1.807) is 30.5 Å². The number of carbonyl (C=O) groups excluding carboxylic acids is 1. The Morgan fingerprint density at radius 3 is 2.03 bits per heavy atom. The van der Waals surface area contributed by atoms with Crippen LogP contribution in [0.15, 0.2) is 84.0 Å². The summed E-state index contributed by atoms with van der Waals surface area (Å²) in [5, 5.41) is 4.04. The first-order chi connectivity index (χ1) is 16.3. The van der Waals surface area contributed by atoms with Crippen LogP contribution in [0.5, 0.6) is 0 Å². The maximum Gasteiger partial charge on any atom is 0.271 e. The second-order valence-electron chi connectivity index (χ2n) is 7.77. The smallest absolute Gasteiger partial charge is 0.271 e. The van der Waals surface area contributed by atoms with Crippen LogP contribution in [0.3, 0.4) is 0 Å². The molecule has 0 aliphatic carbocycles. The molecule has 3 aromatic rings. The summed E-state index contributed by atoms with van der Waals surface area (Å²) in [6.45, 7) is 6.31. The number of sulfonamides is 1. The maximum atomic E-state index is 12.5. The van der Waals surface area contributed by atoms with E-state index < -0.39 is 10.0 Å². The zero-order valence-corrected chi connectivity index (χ0v) is 20.5. The molecule has 3 aromatic carbocycles. The molecule has 1 amide bonds. The lowest BCUT2D eigenvalue weighted by molar-refractivity contribution is 0.0955. The highest BCUT2D eigenvalue weighted by Crippen LogP contribution is 2.21. The third-order valence-corrected chi connectivity index (χ3v) is 6.53. The van der Waals surface area contributed by atoms with Crippen molar-refractivity contribution in [1.82, 2.24) is 5.43 Å². The zero-order chi connectivity index (χ0) is 24.6. The third kappa shape index (κ3) is 6.68. The fraction of sp³-hybridized carbons (Fsp3) is 0.231. The van der Waals surface area contributed by atoms with E-state index in [9.17, 15) is 13.2 Å². The van der Waals surface area contributed by atoms with E-state index in [2.05, 4.69) is 29.3 Å². The first-order valence-corrected chi connectivity index (χ1v) is 13.0. The Labute approximate surface area is 201 Å². The topological polar surface area (TPSA) is 82.1 Å². The molecule has 0 radical (unpaired) electrons. The van der Waals surface area contributed by atoms with Gasteiger partial charge < -0.3 is 4.90 Å².